The molecule has 0 aliphatic carbocycles. The highest BCUT2D eigenvalue weighted by molar-refractivity contribution is 7.89. The summed E-state index contributed by atoms with van der Waals surface area (Å²) < 4.78 is 26.8. The van der Waals surface area contributed by atoms with Crippen LogP contribution in [0.5, 0.6) is 0 Å². The van der Waals surface area contributed by atoms with Gasteiger partial charge in [0, 0.05) is 30.2 Å². The minimum absolute atomic E-state index is 0.0705. The van der Waals surface area contributed by atoms with Crippen molar-refractivity contribution < 1.29 is 8.42 Å². The monoisotopic (exact) mass is 302 g/mol. The van der Waals surface area contributed by atoms with Crippen LogP contribution in [-0.4, -0.2) is 37.9 Å². The zero-order valence-corrected chi connectivity index (χ0v) is 12.9. The first-order valence-electron chi connectivity index (χ1n) is 6.35. The summed E-state index contributed by atoms with van der Waals surface area (Å²) in [5, 5.41) is 3.76. The van der Waals surface area contributed by atoms with E-state index in [1.54, 1.807) is 16.4 Å². The lowest BCUT2D eigenvalue weighted by molar-refractivity contribution is 0.233. The lowest BCUT2D eigenvalue weighted by atomic mass is 10.1. The molecule has 1 aromatic carbocycles. The van der Waals surface area contributed by atoms with Gasteiger partial charge in [0.2, 0.25) is 10.0 Å². The van der Waals surface area contributed by atoms with Crippen molar-refractivity contribution in [1.82, 2.24) is 9.62 Å². The summed E-state index contributed by atoms with van der Waals surface area (Å²) in [5.74, 6) is 0. The van der Waals surface area contributed by atoms with E-state index < -0.39 is 10.0 Å². The Morgan fingerprint density at radius 3 is 2.68 bits per heavy atom. The van der Waals surface area contributed by atoms with Crippen molar-refractivity contribution in [1.29, 1.82) is 0 Å². The molecular formula is C13H19ClN2O2S. The molecule has 0 saturated carbocycles. The Labute approximate surface area is 119 Å². The quantitative estimate of drug-likeness (QED) is 0.909. The smallest absolute Gasteiger partial charge is 0.243 e. The number of hydrogen-bond acceptors (Lipinski definition) is 3. The van der Waals surface area contributed by atoms with E-state index in [2.05, 4.69) is 5.32 Å². The molecule has 2 atom stereocenters. The van der Waals surface area contributed by atoms with Crippen molar-refractivity contribution in [2.45, 2.75) is 37.8 Å². The molecule has 0 bridgehead atoms. The molecule has 1 saturated heterocycles. The van der Waals surface area contributed by atoms with Gasteiger partial charge in [-0.25, -0.2) is 8.42 Å². The van der Waals surface area contributed by atoms with E-state index in [-0.39, 0.29) is 17.0 Å². The first-order chi connectivity index (χ1) is 8.84. The van der Waals surface area contributed by atoms with Crippen LogP contribution in [0.1, 0.15) is 19.4 Å². The molecule has 0 spiro atoms. The number of halogens is 1. The summed E-state index contributed by atoms with van der Waals surface area (Å²) in [6.07, 6.45) is 0. The molecular weight excluding hydrogens is 284 g/mol. The van der Waals surface area contributed by atoms with Crippen LogP contribution in [0.4, 0.5) is 0 Å². The van der Waals surface area contributed by atoms with Gasteiger partial charge in [0.05, 0.1) is 4.90 Å². The zero-order valence-electron chi connectivity index (χ0n) is 11.4. The standard InChI is InChI=1S/C13H19ClN2O2S/c1-9-4-5-12(8-13(9)14)19(17,18)16-7-6-15-10(2)11(16)3/h4-5,8,10-11,15H,6-7H2,1-3H3. The molecule has 1 fully saturated rings. The molecule has 1 N–H and O–H groups in total. The van der Waals surface area contributed by atoms with Crippen molar-refractivity contribution in [3.63, 3.8) is 0 Å². The van der Waals surface area contributed by atoms with E-state index >= 15 is 0 Å². The van der Waals surface area contributed by atoms with Crippen LogP contribution in [0.15, 0.2) is 23.1 Å². The second kappa shape index (κ2) is 5.40. The molecule has 0 radical (unpaired) electrons. The van der Waals surface area contributed by atoms with Crippen LogP contribution in [0.25, 0.3) is 0 Å². The molecule has 4 nitrogen and oxygen atoms in total. The predicted octanol–water partition coefficient (Wildman–Crippen LogP) is 2.02. The summed E-state index contributed by atoms with van der Waals surface area (Å²) in [6.45, 7) is 6.93. The summed E-state index contributed by atoms with van der Waals surface area (Å²) in [5.41, 5.74) is 0.877. The SMILES string of the molecule is Cc1ccc(S(=O)(=O)N2CCNC(C)C2C)cc1Cl. The Morgan fingerprint density at radius 1 is 1.37 bits per heavy atom. The van der Waals surface area contributed by atoms with Crippen LogP contribution in [-0.2, 0) is 10.0 Å². The minimum atomic E-state index is -3.47. The van der Waals surface area contributed by atoms with E-state index in [0.717, 1.165) is 5.56 Å². The molecule has 2 unspecified atom stereocenters. The van der Waals surface area contributed by atoms with Gasteiger partial charge in [0.15, 0.2) is 0 Å². The molecule has 1 aromatic rings. The average molecular weight is 303 g/mol. The Bertz CT molecular complexity index is 574. The summed E-state index contributed by atoms with van der Waals surface area (Å²) in [4.78, 5) is 0.268. The van der Waals surface area contributed by atoms with Gasteiger partial charge in [-0.15, -0.1) is 0 Å². The zero-order chi connectivity index (χ0) is 14.2. The lowest BCUT2D eigenvalue weighted by Crippen LogP contribution is -2.57. The Hall–Kier alpha value is -0.620. The number of rotatable bonds is 2. The fourth-order valence-corrected chi connectivity index (χ4v) is 4.21. The van der Waals surface area contributed by atoms with Crippen LogP contribution in [0.2, 0.25) is 5.02 Å². The Morgan fingerprint density at radius 2 is 2.05 bits per heavy atom. The maximum atomic E-state index is 12.6. The van der Waals surface area contributed by atoms with E-state index in [9.17, 15) is 8.42 Å². The van der Waals surface area contributed by atoms with Gasteiger partial charge in [-0.05, 0) is 38.5 Å². The maximum Gasteiger partial charge on any atom is 0.243 e. The van der Waals surface area contributed by atoms with Crippen molar-refractivity contribution in [3.05, 3.63) is 28.8 Å². The Kier molecular flexibility index (Phi) is 4.20. The molecule has 1 aliphatic heterocycles. The molecule has 106 valence electrons. The fraction of sp³-hybridized carbons (Fsp3) is 0.538. The van der Waals surface area contributed by atoms with E-state index in [1.165, 1.54) is 6.07 Å². The van der Waals surface area contributed by atoms with Gasteiger partial charge in [-0.1, -0.05) is 17.7 Å². The van der Waals surface area contributed by atoms with Crippen molar-refractivity contribution in [3.8, 4) is 0 Å². The van der Waals surface area contributed by atoms with Crippen LogP contribution < -0.4 is 5.32 Å². The highest BCUT2D eigenvalue weighted by atomic mass is 35.5. The van der Waals surface area contributed by atoms with Crippen molar-refractivity contribution in [2.24, 2.45) is 0 Å². The third-order valence-corrected chi connectivity index (χ3v) is 6.12. The van der Waals surface area contributed by atoms with Crippen LogP contribution >= 0.6 is 11.6 Å². The average Bonchev–Trinajstić information content (AvgIpc) is 2.35. The second-order valence-corrected chi connectivity index (χ2v) is 7.31. The lowest BCUT2D eigenvalue weighted by Gasteiger charge is -2.37. The fourth-order valence-electron chi connectivity index (χ4n) is 2.23. The van der Waals surface area contributed by atoms with Crippen LogP contribution in [0.3, 0.4) is 0 Å². The maximum absolute atomic E-state index is 12.6. The summed E-state index contributed by atoms with van der Waals surface area (Å²) >= 11 is 6.03. The van der Waals surface area contributed by atoms with Gasteiger partial charge in [0.25, 0.3) is 0 Å². The highest BCUT2D eigenvalue weighted by Crippen LogP contribution is 2.25. The number of nitrogens with zero attached hydrogens (tertiary/aromatic N) is 1. The van der Waals surface area contributed by atoms with Crippen molar-refractivity contribution >= 4 is 21.6 Å². The summed E-state index contributed by atoms with van der Waals surface area (Å²) in [6, 6.07) is 4.97. The number of nitrogens with one attached hydrogen (secondary N) is 1. The first kappa shape index (κ1) is 14.8. The topological polar surface area (TPSA) is 49.4 Å². The molecule has 1 heterocycles. The Balaban J connectivity index is 2.38. The van der Waals surface area contributed by atoms with Gasteiger partial charge in [-0.3, -0.25) is 0 Å². The number of aryl methyl sites for hydroxylation is 1. The number of hydrogen-bond donors (Lipinski definition) is 1. The van der Waals surface area contributed by atoms with Gasteiger partial charge >= 0.3 is 0 Å². The minimum Gasteiger partial charge on any atom is -0.311 e. The number of benzene rings is 1. The number of sulfonamides is 1. The summed E-state index contributed by atoms with van der Waals surface area (Å²) in [7, 11) is -3.47. The third-order valence-electron chi connectivity index (χ3n) is 3.73. The molecule has 2 rings (SSSR count). The van der Waals surface area contributed by atoms with Crippen molar-refractivity contribution in [2.75, 3.05) is 13.1 Å². The molecule has 1 aliphatic rings. The largest absolute Gasteiger partial charge is 0.311 e. The normalized spacial score (nSPS) is 25.5. The van der Waals surface area contributed by atoms with E-state index in [0.29, 0.717) is 18.1 Å². The predicted molar refractivity (Wildman–Crippen MR) is 77.0 cm³/mol. The van der Waals surface area contributed by atoms with E-state index in [4.69, 9.17) is 11.6 Å². The molecule has 0 amide bonds. The van der Waals surface area contributed by atoms with E-state index in [1.807, 2.05) is 20.8 Å². The second-order valence-electron chi connectivity index (χ2n) is 5.01. The highest BCUT2D eigenvalue weighted by Gasteiger charge is 2.34. The first-order valence-corrected chi connectivity index (χ1v) is 8.17. The third kappa shape index (κ3) is 2.79. The van der Waals surface area contributed by atoms with Gasteiger partial charge in [0.1, 0.15) is 0 Å². The molecule has 19 heavy (non-hydrogen) atoms. The van der Waals surface area contributed by atoms with Crippen LogP contribution in [0, 0.1) is 6.92 Å². The van der Waals surface area contributed by atoms with Gasteiger partial charge < -0.3 is 5.32 Å². The van der Waals surface area contributed by atoms with Gasteiger partial charge in [-0.2, -0.15) is 4.31 Å². The number of piperazine rings is 1. The molecule has 0 aromatic heterocycles. The molecule has 6 heteroatoms.